The maximum absolute atomic E-state index is 12.2. The van der Waals surface area contributed by atoms with E-state index in [1.807, 2.05) is 43.3 Å². The third-order valence-electron chi connectivity index (χ3n) is 4.10. The summed E-state index contributed by atoms with van der Waals surface area (Å²) >= 11 is 1.53. The number of para-hydroxylation sites is 1. The Kier molecular flexibility index (Phi) is 5.14. The molecular weight excluding hydrogens is 378 g/mol. The third-order valence-corrected chi connectivity index (χ3v) is 5.11. The molecule has 1 aromatic carbocycles. The van der Waals surface area contributed by atoms with Gasteiger partial charge >= 0.3 is 5.97 Å². The first-order valence-corrected chi connectivity index (χ1v) is 9.48. The van der Waals surface area contributed by atoms with Crippen LogP contribution >= 0.6 is 11.3 Å². The van der Waals surface area contributed by atoms with Crippen molar-refractivity contribution in [1.82, 2.24) is 14.4 Å². The van der Waals surface area contributed by atoms with Crippen molar-refractivity contribution in [3.05, 3.63) is 75.3 Å². The molecule has 0 spiro atoms. The Labute approximate surface area is 164 Å². The highest BCUT2D eigenvalue weighted by molar-refractivity contribution is 7.18. The molecule has 3 aromatic heterocycles. The number of carbonyl (C=O) groups is 1. The van der Waals surface area contributed by atoms with E-state index in [4.69, 9.17) is 9.47 Å². The largest absolute Gasteiger partial charge is 0.457 e. The van der Waals surface area contributed by atoms with Crippen molar-refractivity contribution in [2.24, 2.45) is 0 Å². The van der Waals surface area contributed by atoms with Crippen LogP contribution < -0.4 is 5.56 Å². The first-order valence-electron chi connectivity index (χ1n) is 8.66. The third kappa shape index (κ3) is 3.92. The van der Waals surface area contributed by atoms with Crippen LogP contribution in [0.1, 0.15) is 16.4 Å². The van der Waals surface area contributed by atoms with E-state index in [1.165, 1.54) is 21.8 Å². The lowest BCUT2D eigenvalue weighted by atomic mass is 10.3. The van der Waals surface area contributed by atoms with Crippen LogP contribution in [-0.2, 0) is 27.5 Å². The summed E-state index contributed by atoms with van der Waals surface area (Å²) in [6.07, 6.45) is 0. The zero-order valence-corrected chi connectivity index (χ0v) is 15.9. The number of ether oxygens (including phenoxy) is 2. The first kappa shape index (κ1) is 18.3. The van der Waals surface area contributed by atoms with E-state index in [9.17, 15) is 9.59 Å². The van der Waals surface area contributed by atoms with Gasteiger partial charge in [-0.3, -0.25) is 9.20 Å². The molecule has 0 bridgehead atoms. The van der Waals surface area contributed by atoms with Gasteiger partial charge in [0.2, 0.25) is 0 Å². The Morgan fingerprint density at radius 1 is 1.11 bits per heavy atom. The molecule has 0 N–H and O–H groups in total. The van der Waals surface area contributed by atoms with Crippen molar-refractivity contribution in [2.45, 2.75) is 20.1 Å². The van der Waals surface area contributed by atoms with Crippen LogP contribution in [0.2, 0.25) is 0 Å². The fraction of sp³-hybridized carbons (Fsp3) is 0.200. The second kappa shape index (κ2) is 7.87. The summed E-state index contributed by atoms with van der Waals surface area (Å²) in [5, 5.41) is 0.800. The van der Waals surface area contributed by atoms with Crippen LogP contribution in [0.5, 0.6) is 0 Å². The van der Waals surface area contributed by atoms with Gasteiger partial charge in [-0.25, -0.2) is 14.8 Å². The molecule has 4 aromatic rings. The quantitative estimate of drug-likeness (QED) is 0.467. The van der Waals surface area contributed by atoms with Gasteiger partial charge in [0.05, 0.1) is 22.5 Å². The number of benzene rings is 1. The molecule has 0 saturated heterocycles. The van der Waals surface area contributed by atoms with Crippen LogP contribution in [0.15, 0.2) is 53.3 Å². The summed E-state index contributed by atoms with van der Waals surface area (Å²) in [6.45, 7) is 1.80. The van der Waals surface area contributed by atoms with E-state index in [0.717, 1.165) is 20.9 Å². The summed E-state index contributed by atoms with van der Waals surface area (Å²) in [7, 11) is 0. The molecule has 7 nitrogen and oxygen atoms in total. The predicted molar refractivity (Wildman–Crippen MR) is 105 cm³/mol. The zero-order chi connectivity index (χ0) is 19.5. The lowest BCUT2D eigenvalue weighted by Gasteiger charge is -2.07. The van der Waals surface area contributed by atoms with Gasteiger partial charge in [-0.05, 0) is 31.2 Å². The highest BCUT2D eigenvalue weighted by atomic mass is 32.1. The van der Waals surface area contributed by atoms with Crippen molar-refractivity contribution < 1.29 is 14.3 Å². The molecule has 0 unspecified atom stereocenters. The number of carbonyl (C=O) groups excluding carboxylic acids is 1. The van der Waals surface area contributed by atoms with E-state index in [-0.39, 0.29) is 25.4 Å². The highest BCUT2D eigenvalue weighted by Gasteiger charge is 2.09. The highest BCUT2D eigenvalue weighted by Crippen LogP contribution is 2.21. The van der Waals surface area contributed by atoms with Gasteiger partial charge in [-0.2, -0.15) is 0 Å². The number of fused-ring (bicyclic) bond motifs is 2. The molecule has 0 fully saturated rings. The molecule has 0 atom stereocenters. The number of pyridine rings is 1. The van der Waals surface area contributed by atoms with Crippen molar-refractivity contribution in [1.29, 1.82) is 0 Å². The smallest absolute Gasteiger partial charge is 0.332 e. The van der Waals surface area contributed by atoms with E-state index in [0.29, 0.717) is 11.3 Å². The van der Waals surface area contributed by atoms with Crippen LogP contribution in [-0.4, -0.2) is 26.9 Å². The van der Waals surface area contributed by atoms with Crippen LogP contribution in [0.4, 0.5) is 0 Å². The number of rotatable bonds is 6. The fourth-order valence-electron chi connectivity index (χ4n) is 2.84. The summed E-state index contributed by atoms with van der Waals surface area (Å²) in [6, 6.07) is 14.6. The SMILES string of the molecule is Cc1cccc2nc(COC(=O)COCc3nc4ccccc4s3)cc(=O)n12. The van der Waals surface area contributed by atoms with Crippen LogP contribution in [0.3, 0.4) is 0 Å². The molecule has 0 saturated carbocycles. The van der Waals surface area contributed by atoms with Crippen molar-refractivity contribution in [2.75, 3.05) is 6.61 Å². The van der Waals surface area contributed by atoms with Gasteiger partial charge in [-0.1, -0.05) is 18.2 Å². The van der Waals surface area contributed by atoms with Gasteiger partial charge in [0, 0.05) is 11.8 Å². The van der Waals surface area contributed by atoms with Gasteiger partial charge < -0.3 is 9.47 Å². The normalized spacial score (nSPS) is 11.2. The lowest BCUT2D eigenvalue weighted by Crippen LogP contribution is -2.19. The zero-order valence-electron chi connectivity index (χ0n) is 15.1. The maximum Gasteiger partial charge on any atom is 0.332 e. The maximum atomic E-state index is 12.2. The number of hydrogen-bond acceptors (Lipinski definition) is 7. The van der Waals surface area contributed by atoms with Crippen molar-refractivity contribution in [3.8, 4) is 0 Å². The van der Waals surface area contributed by atoms with Gasteiger partial charge in [0.15, 0.2) is 0 Å². The lowest BCUT2D eigenvalue weighted by molar-refractivity contribution is -0.150. The molecule has 8 heteroatoms. The van der Waals surface area contributed by atoms with Gasteiger partial charge in [-0.15, -0.1) is 11.3 Å². The fourth-order valence-corrected chi connectivity index (χ4v) is 3.74. The topological polar surface area (TPSA) is 82.8 Å². The Balaban J connectivity index is 1.32. The molecular formula is C20H17N3O4S. The van der Waals surface area contributed by atoms with E-state index >= 15 is 0 Å². The van der Waals surface area contributed by atoms with E-state index in [1.54, 1.807) is 6.07 Å². The molecule has 0 aliphatic rings. The number of esters is 1. The van der Waals surface area contributed by atoms with Crippen LogP contribution in [0.25, 0.3) is 15.9 Å². The molecule has 0 amide bonds. The minimum atomic E-state index is -0.521. The van der Waals surface area contributed by atoms with E-state index < -0.39 is 5.97 Å². The average molecular weight is 395 g/mol. The van der Waals surface area contributed by atoms with Crippen molar-refractivity contribution in [3.63, 3.8) is 0 Å². The molecule has 3 heterocycles. The summed E-state index contributed by atoms with van der Waals surface area (Å²) in [5.74, 6) is -0.521. The molecule has 0 aliphatic heterocycles. The number of hydrogen-bond donors (Lipinski definition) is 0. The van der Waals surface area contributed by atoms with Gasteiger partial charge in [0.25, 0.3) is 5.56 Å². The Morgan fingerprint density at radius 3 is 2.82 bits per heavy atom. The second-order valence-corrected chi connectivity index (χ2v) is 7.29. The number of aryl methyl sites for hydroxylation is 1. The van der Waals surface area contributed by atoms with Crippen LogP contribution in [0, 0.1) is 6.92 Å². The van der Waals surface area contributed by atoms with E-state index in [2.05, 4.69) is 9.97 Å². The Morgan fingerprint density at radius 2 is 1.96 bits per heavy atom. The molecule has 4 rings (SSSR count). The number of thiazole rings is 1. The molecule has 142 valence electrons. The van der Waals surface area contributed by atoms with Crippen molar-refractivity contribution >= 4 is 33.2 Å². The number of nitrogens with zero attached hydrogens (tertiary/aromatic N) is 3. The summed E-state index contributed by atoms with van der Waals surface area (Å²) in [5.41, 5.74) is 2.42. The molecule has 0 radical (unpaired) electrons. The molecule has 0 aliphatic carbocycles. The minimum absolute atomic E-state index is 0.0803. The molecule has 28 heavy (non-hydrogen) atoms. The summed E-state index contributed by atoms with van der Waals surface area (Å²) in [4.78, 5) is 32.9. The minimum Gasteiger partial charge on any atom is -0.457 e. The average Bonchev–Trinajstić information content (AvgIpc) is 3.09. The number of aromatic nitrogens is 3. The summed E-state index contributed by atoms with van der Waals surface area (Å²) < 4.78 is 13.1. The monoisotopic (exact) mass is 395 g/mol. The predicted octanol–water partition coefficient (Wildman–Crippen LogP) is 2.87. The second-order valence-electron chi connectivity index (χ2n) is 6.18. The Bertz CT molecular complexity index is 1180. The van der Waals surface area contributed by atoms with Gasteiger partial charge in [0.1, 0.15) is 23.9 Å². The Hall–Kier alpha value is -3.10. The standard InChI is InChI=1S/C20H17N3O4S/c1-13-5-4-8-17-21-14(9-19(24)23(13)17)10-27-20(25)12-26-11-18-22-15-6-2-3-7-16(15)28-18/h2-9H,10-12H2,1H3. The first-order chi connectivity index (χ1) is 13.6.